The van der Waals surface area contributed by atoms with Crippen molar-refractivity contribution in [3.8, 4) is 0 Å². The monoisotopic (exact) mass is 356 g/mol. The normalized spacial score (nSPS) is 11.4. The van der Waals surface area contributed by atoms with E-state index < -0.39 is 0 Å². The lowest BCUT2D eigenvalue weighted by atomic mass is 10.1. The zero-order chi connectivity index (χ0) is 18.1. The average molecular weight is 356 g/mol. The van der Waals surface area contributed by atoms with E-state index in [1.54, 1.807) is 11.3 Å². The van der Waals surface area contributed by atoms with Crippen LogP contribution in [-0.4, -0.2) is 20.7 Å². The van der Waals surface area contributed by atoms with Gasteiger partial charge in [0.2, 0.25) is 5.91 Å². The van der Waals surface area contributed by atoms with Gasteiger partial charge in [0, 0.05) is 23.5 Å². The van der Waals surface area contributed by atoms with Crippen LogP contribution >= 0.6 is 11.3 Å². The number of hydrogen-bond acceptors (Lipinski definition) is 4. The van der Waals surface area contributed by atoms with Gasteiger partial charge in [-0.25, -0.2) is 4.98 Å². The fourth-order valence-electron chi connectivity index (χ4n) is 3.00. The third kappa shape index (κ3) is 3.90. The molecular formula is C19H24N4OS. The van der Waals surface area contributed by atoms with Gasteiger partial charge in [-0.15, -0.1) is 11.3 Å². The van der Waals surface area contributed by atoms with Crippen molar-refractivity contribution in [2.75, 3.05) is 5.32 Å². The van der Waals surface area contributed by atoms with Gasteiger partial charge in [0.05, 0.1) is 27.3 Å². The summed E-state index contributed by atoms with van der Waals surface area (Å²) in [5, 5.41) is 8.61. The summed E-state index contributed by atoms with van der Waals surface area (Å²) in [6.45, 7) is 11.2. The quantitative estimate of drug-likeness (QED) is 0.743. The second-order valence-corrected chi connectivity index (χ2v) is 8.10. The predicted molar refractivity (Wildman–Crippen MR) is 103 cm³/mol. The highest BCUT2D eigenvalue weighted by Crippen LogP contribution is 2.25. The number of amides is 1. The van der Waals surface area contributed by atoms with Crippen LogP contribution in [0.15, 0.2) is 18.2 Å². The summed E-state index contributed by atoms with van der Waals surface area (Å²) in [6, 6.07) is 5.84. The number of carbonyl (C=O) groups excluding carboxylic acids is 1. The first-order valence-corrected chi connectivity index (χ1v) is 9.35. The molecule has 0 aliphatic heterocycles. The standard InChI is InChI=1S/C19H24N4OS/c1-11(2)10-23-13(4)16(12(3)22-23)9-19(24)21-15-6-7-17-18(8-15)25-14(5)20-17/h6-8,11H,9-10H2,1-5H3,(H,21,24). The first-order chi connectivity index (χ1) is 11.8. The lowest BCUT2D eigenvalue weighted by Crippen LogP contribution is -2.15. The fourth-order valence-corrected chi connectivity index (χ4v) is 3.86. The number of thiazole rings is 1. The zero-order valence-corrected chi connectivity index (χ0v) is 16.2. The average Bonchev–Trinajstić information content (AvgIpc) is 3.00. The molecule has 1 amide bonds. The second kappa shape index (κ2) is 6.96. The number of aromatic nitrogens is 3. The van der Waals surface area contributed by atoms with Gasteiger partial charge >= 0.3 is 0 Å². The van der Waals surface area contributed by atoms with Gasteiger partial charge in [0.25, 0.3) is 0 Å². The lowest BCUT2D eigenvalue weighted by molar-refractivity contribution is -0.115. The van der Waals surface area contributed by atoms with Crippen LogP contribution in [0.3, 0.4) is 0 Å². The fraction of sp³-hybridized carbons (Fsp3) is 0.421. The first kappa shape index (κ1) is 17.6. The SMILES string of the molecule is Cc1nc2ccc(NC(=O)Cc3c(C)nn(CC(C)C)c3C)cc2s1. The van der Waals surface area contributed by atoms with Crippen molar-refractivity contribution >= 4 is 33.1 Å². The molecule has 2 heterocycles. The summed E-state index contributed by atoms with van der Waals surface area (Å²) in [4.78, 5) is 16.9. The van der Waals surface area contributed by atoms with E-state index in [-0.39, 0.29) is 5.91 Å². The number of anilines is 1. The maximum atomic E-state index is 12.5. The number of nitrogens with one attached hydrogen (secondary N) is 1. The van der Waals surface area contributed by atoms with Crippen molar-refractivity contribution in [3.63, 3.8) is 0 Å². The molecule has 0 radical (unpaired) electrons. The Morgan fingerprint density at radius 1 is 1.28 bits per heavy atom. The molecule has 0 aliphatic carbocycles. The van der Waals surface area contributed by atoms with Crippen molar-refractivity contribution < 1.29 is 4.79 Å². The Kier molecular flexibility index (Phi) is 4.90. The van der Waals surface area contributed by atoms with Crippen LogP contribution in [0.1, 0.15) is 35.8 Å². The molecule has 0 saturated carbocycles. The number of nitrogens with zero attached hydrogens (tertiary/aromatic N) is 3. The predicted octanol–water partition coefficient (Wildman–Crippen LogP) is 4.26. The lowest BCUT2D eigenvalue weighted by Gasteiger charge is -2.08. The molecule has 3 rings (SSSR count). The van der Waals surface area contributed by atoms with Gasteiger partial charge in [0.1, 0.15) is 0 Å². The van der Waals surface area contributed by atoms with Crippen molar-refractivity contribution in [2.24, 2.45) is 5.92 Å². The molecule has 3 aromatic rings. The Morgan fingerprint density at radius 2 is 2.04 bits per heavy atom. The number of carbonyl (C=O) groups is 1. The minimum absolute atomic E-state index is 0.0177. The Balaban J connectivity index is 1.74. The highest BCUT2D eigenvalue weighted by Gasteiger charge is 2.16. The molecule has 132 valence electrons. The minimum Gasteiger partial charge on any atom is -0.326 e. The van der Waals surface area contributed by atoms with Gasteiger partial charge in [0.15, 0.2) is 0 Å². The Labute approximate surface area is 152 Å². The van der Waals surface area contributed by atoms with Crippen LogP contribution in [0.25, 0.3) is 10.2 Å². The van der Waals surface area contributed by atoms with E-state index in [1.165, 1.54) is 0 Å². The van der Waals surface area contributed by atoms with Gasteiger partial charge in [-0.1, -0.05) is 13.8 Å². The number of rotatable bonds is 5. The molecule has 5 nitrogen and oxygen atoms in total. The molecule has 0 bridgehead atoms. The summed E-state index contributed by atoms with van der Waals surface area (Å²) in [6.07, 6.45) is 0.343. The summed E-state index contributed by atoms with van der Waals surface area (Å²) < 4.78 is 3.10. The van der Waals surface area contributed by atoms with Crippen molar-refractivity contribution in [3.05, 3.63) is 40.2 Å². The van der Waals surface area contributed by atoms with E-state index in [1.807, 2.05) is 43.7 Å². The Bertz CT molecular complexity index is 923. The first-order valence-electron chi connectivity index (χ1n) is 8.53. The number of fused-ring (bicyclic) bond motifs is 1. The van der Waals surface area contributed by atoms with Crippen LogP contribution in [0.2, 0.25) is 0 Å². The smallest absolute Gasteiger partial charge is 0.228 e. The molecule has 0 spiro atoms. The molecule has 0 unspecified atom stereocenters. The molecule has 0 saturated heterocycles. The van der Waals surface area contributed by atoms with E-state index in [0.717, 1.165) is 44.4 Å². The number of benzene rings is 1. The largest absolute Gasteiger partial charge is 0.326 e. The van der Waals surface area contributed by atoms with Crippen LogP contribution in [0, 0.1) is 26.7 Å². The highest BCUT2D eigenvalue weighted by atomic mass is 32.1. The number of aryl methyl sites for hydroxylation is 2. The van der Waals surface area contributed by atoms with Crippen LogP contribution < -0.4 is 5.32 Å². The van der Waals surface area contributed by atoms with Crippen molar-refractivity contribution in [2.45, 2.75) is 47.6 Å². The third-order valence-electron chi connectivity index (χ3n) is 4.19. The molecule has 0 aliphatic rings. The molecule has 1 N–H and O–H groups in total. The summed E-state index contributed by atoms with van der Waals surface area (Å²) in [5.74, 6) is 0.505. The second-order valence-electron chi connectivity index (χ2n) is 6.87. The highest BCUT2D eigenvalue weighted by molar-refractivity contribution is 7.18. The maximum absolute atomic E-state index is 12.5. The van der Waals surface area contributed by atoms with E-state index in [4.69, 9.17) is 0 Å². The van der Waals surface area contributed by atoms with Crippen molar-refractivity contribution in [1.29, 1.82) is 0 Å². The number of hydrogen-bond donors (Lipinski definition) is 1. The maximum Gasteiger partial charge on any atom is 0.228 e. The van der Waals surface area contributed by atoms with Crippen LogP contribution in [0.5, 0.6) is 0 Å². The van der Waals surface area contributed by atoms with Gasteiger partial charge in [-0.2, -0.15) is 5.10 Å². The van der Waals surface area contributed by atoms with E-state index in [2.05, 4.69) is 29.2 Å². The summed E-state index contributed by atoms with van der Waals surface area (Å²) in [5.41, 5.74) is 4.82. The van der Waals surface area contributed by atoms with E-state index in [0.29, 0.717) is 12.3 Å². The third-order valence-corrected chi connectivity index (χ3v) is 5.12. The molecule has 1 aromatic carbocycles. The molecule has 6 heteroatoms. The molecule has 25 heavy (non-hydrogen) atoms. The van der Waals surface area contributed by atoms with Gasteiger partial charge < -0.3 is 5.32 Å². The summed E-state index contributed by atoms with van der Waals surface area (Å²) >= 11 is 1.64. The van der Waals surface area contributed by atoms with Gasteiger partial charge in [-0.3, -0.25) is 9.48 Å². The van der Waals surface area contributed by atoms with Crippen molar-refractivity contribution in [1.82, 2.24) is 14.8 Å². The van der Waals surface area contributed by atoms with E-state index in [9.17, 15) is 4.79 Å². The van der Waals surface area contributed by atoms with Gasteiger partial charge in [-0.05, 0) is 44.9 Å². The Morgan fingerprint density at radius 3 is 2.76 bits per heavy atom. The summed E-state index contributed by atoms with van der Waals surface area (Å²) in [7, 11) is 0. The topological polar surface area (TPSA) is 59.8 Å². The minimum atomic E-state index is -0.0177. The molecule has 0 atom stereocenters. The van der Waals surface area contributed by atoms with Crippen LogP contribution in [-0.2, 0) is 17.8 Å². The molecule has 0 fully saturated rings. The Hall–Kier alpha value is -2.21. The molecule has 2 aromatic heterocycles. The van der Waals surface area contributed by atoms with E-state index >= 15 is 0 Å². The van der Waals surface area contributed by atoms with Crippen LogP contribution in [0.4, 0.5) is 5.69 Å². The zero-order valence-electron chi connectivity index (χ0n) is 15.4. The molecular weight excluding hydrogens is 332 g/mol.